The highest BCUT2D eigenvalue weighted by atomic mass is 32.2. The SMILES string of the molecule is COc1cc(/C=C\[C@@]2(c3ccccc3OC(C)=O)Sc3ccccc3N2C(C)=O)cc(OC)c1OC. The van der Waals surface area contributed by atoms with Gasteiger partial charge in [-0.15, -0.1) is 0 Å². The lowest BCUT2D eigenvalue weighted by Gasteiger charge is -2.36. The predicted molar refractivity (Wildman–Crippen MR) is 140 cm³/mol. The standard InChI is InChI=1S/C28H27NO6S/c1-18(30)29-22-11-7-9-13-26(22)36-28(29,21-10-6-8-12-23(21)35-19(2)31)15-14-20-16-24(32-3)27(34-5)25(17-20)33-4/h6-17H,1-5H3/b15-14-/t28-/m0/s1. The molecular weight excluding hydrogens is 478 g/mol. The van der Waals surface area contributed by atoms with Gasteiger partial charge in [-0.05, 0) is 42.0 Å². The van der Waals surface area contributed by atoms with Crippen LogP contribution in [0.1, 0.15) is 25.0 Å². The van der Waals surface area contributed by atoms with Crippen LogP contribution in [0, 0.1) is 0 Å². The molecule has 0 bridgehead atoms. The van der Waals surface area contributed by atoms with Crippen LogP contribution < -0.4 is 23.8 Å². The summed E-state index contributed by atoms with van der Waals surface area (Å²) in [4.78, 5) is 26.7. The first-order valence-electron chi connectivity index (χ1n) is 11.2. The number of anilines is 1. The molecule has 1 heterocycles. The van der Waals surface area contributed by atoms with Crippen molar-refractivity contribution in [2.24, 2.45) is 0 Å². The number of ether oxygens (including phenoxy) is 4. The van der Waals surface area contributed by atoms with Crippen LogP contribution in [0.4, 0.5) is 5.69 Å². The van der Waals surface area contributed by atoms with Crippen molar-refractivity contribution in [3.05, 3.63) is 77.9 Å². The van der Waals surface area contributed by atoms with Gasteiger partial charge in [0.2, 0.25) is 11.7 Å². The summed E-state index contributed by atoms with van der Waals surface area (Å²) in [5.41, 5.74) is 2.22. The second-order valence-electron chi connectivity index (χ2n) is 8.00. The van der Waals surface area contributed by atoms with Crippen LogP contribution in [0.3, 0.4) is 0 Å². The Balaban J connectivity index is 1.94. The van der Waals surface area contributed by atoms with E-state index in [2.05, 4.69) is 0 Å². The van der Waals surface area contributed by atoms with E-state index in [1.54, 1.807) is 38.4 Å². The Morgan fingerprint density at radius 2 is 1.50 bits per heavy atom. The Bertz CT molecular complexity index is 1310. The van der Waals surface area contributed by atoms with Crippen LogP contribution >= 0.6 is 11.8 Å². The van der Waals surface area contributed by atoms with Crippen LogP contribution in [0.2, 0.25) is 0 Å². The molecule has 3 aromatic carbocycles. The van der Waals surface area contributed by atoms with Gasteiger partial charge in [0.1, 0.15) is 10.6 Å². The van der Waals surface area contributed by atoms with Gasteiger partial charge in [0.05, 0.1) is 27.0 Å². The predicted octanol–water partition coefficient (Wildman–Crippen LogP) is 5.66. The minimum Gasteiger partial charge on any atom is -0.493 e. The van der Waals surface area contributed by atoms with Crippen molar-refractivity contribution >= 4 is 35.4 Å². The van der Waals surface area contributed by atoms with Crippen molar-refractivity contribution in [3.8, 4) is 23.0 Å². The van der Waals surface area contributed by atoms with Gasteiger partial charge in [-0.1, -0.05) is 48.2 Å². The third-order valence-electron chi connectivity index (χ3n) is 5.73. The fourth-order valence-corrected chi connectivity index (χ4v) is 5.79. The van der Waals surface area contributed by atoms with Crippen molar-refractivity contribution in [3.63, 3.8) is 0 Å². The molecule has 8 heteroatoms. The van der Waals surface area contributed by atoms with E-state index in [4.69, 9.17) is 18.9 Å². The van der Waals surface area contributed by atoms with Gasteiger partial charge in [-0.3, -0.25) is 14.5 Å². The first kappa shape index (κ1) is 25.2. The lowest BCUT2D eigenvalue weighted by molar-refractivity contribution is -0.131. The summed E-state index contributed by atoms with van der Waals surface area (Å²) in [6.07, 6.45) is 3.83. The van der Waals surface area contributed by atoms with E-state index in [0.29, 0.717) is 28.6 Å². The highest BCUT2D eigenvalue weighted by molar-refractivity contribution is 8.01. The van der Waals surface area contributed by atoms with Crippen molar-refractivity contribution in [2.45, 2.75) is 23.6 Å². The normalized spacial score (nSPS) is 16.5. The van der Waals surface area contributed by atoms with Gasteiger partial charge in [-0.2, -0.15) is 0 Å². The highest BCUT2D eigenvalue weighted by Gasteiger charge is 2.48. The molecule has 1 amide bonds. The molecule has 0 unspecified atom stereocenters. The number of carbonyl (C=O) groups excluding carboxylic acids is 2. The largest absolute Gasteiger partial charge is 0.493 e. The summed E-state index contributed by atoms with van der Waals surface area (Å²) >= 11 is 1.50. The summed E-state index contributed by atoms with van der Waals surface area (Å²) in [6.45, 7) is 2.88. The molecule has 186 valence electrons. The number of rotatable bonds is 7. The summed E-state index contributed by atoms with van der Waals surface area (Å²) in [6, 6.07) is 18.6. The summed E-state index contributed by atoms with van der Waals surface area (Å²) in [5, 5.41) is 0. The molecule has 1 atom stereocenters. The number of thioether (sulfide) groups is 1. The van der Waals surface area contributed by atoms with Gasteiger partial charge >= 0.3 is 5.97 Å². The van der Waals surface area contributed by atoms with Gasteiger partial charge in [0.15, 0.2) is 11.5 Å². The molecule has 0 N–H and O–H groups in total. The lowest BCUT2D eigenvalue weighted by atomic mass is 10.00. The van der Waals surface area contributed by atoms with E-state index < -0.39 is 10.8 Å². The number of benzene rings is 3. The third-order valence-corrected chi connectivity index (χ3v) is 7.15. The number of methoxy groups -OCH3 is 3. The molecule has 0 radical (unpaired) electrons. The van der Waals surface area contributed by atoms with Gasteiger partial charge in [-0.25, -0.2) is 0 Å². The molecule has 4 rings (SSSR count). The molecule has 0 saturated carbocycles. The van der Waals surface area contributed by atoms with E-state index in [-0.39, 0.29) is 5.91 Å². The topological polar surface area (TPSA) is 74.3 Å². The van der Waals surface area contributed by atoms with E-state index in [0.717, 1.165) is 16.1 Å². The lowest BCUT2D eigenvalue weighted by Crippen LogP contribution is -2.42. The van der Waals surface area contributed by atoms with Crippen molar-refractivity contribution in [2.75, 3.05) is 26.2 Å². The number of esters is 1. The Hall–Kier alpha value is -3.91. The maximum absolute atomic E-state index is 13.1. The van der Waals surface area contributed by atoms with Crippen LogP contribution in [-0.4, -0.2) is 33.2 Å². The monoisotopic (exact) mass is 505 g/mol. The average molecular weight is 506 g/mol. The molecule has 7 nitrogen and oxygen atoms in total. The molecule has 1 aliphatic rings. The fraction of sp³-hybridized carbons (Fsp3) is 0.214. The number of para-hydroxylation sites is 2. The number of amides is 1. The number of fused-ring (bicyclic) bond motifs is 1. The maximum atomic E-state index is 13.1. The number of nitrogens with zero attached hydrogens (tertiary/aromatic N) is 1. The van der Waals surface area contributed by atoms with Crippen LogP contribution in [-0.2, 0) is 14.5 Å². The molecule has 0 aromatic heterocycles. The molecule has 1 aliphatic heterocycles. The molecule has 0 saturated heterocycles. The van der Waals surface area contributed by atoms with Gasteiger partial charge in [0, 0.05) is 24.3 Å². The van der Waals surface area contributed by atoms with E-state index in [9.17, 15) is 9.59 Å². The minimum atomic E-state index is -1.03. The van der Waals surface area contributed by atoms with E-state index in [1.165, 1.54) is 25.6 Å². The van der Waals surface area contributed by atoms with Crippen molar-refractivity contribution in [1.29, 1.82) is 0 Å². The van der Waals surface area contributed by atoms with Crippen LogP contribution in [0.5, 0.6) is 23.0 Å². The Morgan fingerprint density at radius 1 is 0.861 bits per heavy atom. The fourth-order valence-electron chi connectivity index (χ4n) is 4.31. The van der Waals surface area contributed by atoms with Crippen molar-refractivity contribution < 1.29 is 28.5 Å². The molecule has 0 aliphatic carbocycles. The Kier molecular flexibility index (Phi) is 7.26. The number of hydrogen-bond donors (Lipinski definition) is 0. The number of carbonyl (C=O) groups is 2. The van der Waals surface area contributed by atoms with Crippen LogP contribution in [0.15, 0.2) is 71.6 Å². The Morgan fingerprint density at radius 3 is 2.11 bits per heavy atom. The molecule has 0 spiro atoms. The maximum Gasteiger partial charge on any atom is 0.308 e. The quantitative estimate of drug-likeness (QED) is 0.303. The second-order valence-corrected chi connectivity index (χ2v) is 9.27. The van der Waals surface area contributed by atoms with Crippen LogP contribution in [0.25, 0.3) is 6.08 Å². The number of hydrogen-bond acceptors (Lipinski definition) is 7. The summed E-state index contributed by atoms with van der Waals surface area (Å²) in [5.74, 6) is 1.29. The van der Waals surface area contributed by atoms with E-state index in [1.807, 2.05) is 60.7 Å². The minimum absolute atomic E-state index is 0.153. The summed E-state index contributed by atoms with van der Waals surface area (Å²) in [7, 11) is 4.67. The highest BCUT2D eigenvalue weighted by Crippen LogP contribution is 2.58. The van der Waals surface area contributed by atoms with Gasteiger partial charge < -0.3 is 18.9 Å². The zero-order valence-corrected chi connectivity index (χ0v) is 21.5. The second kappa shape index (κ2) is 10.4. The van der Waals surface area contributed by atoms with Gasteiger partial charge in [0.25, 0.3) is 0 Å². The molecule has 3 aromatic rings. The Labute approximate surface area is 214 Å². The first-order chi connectivity index (χ1) is 17.3. The van der Waals surface area contributed by atoms with Crippen molar-refractivity contribution in [1.82, 2.24) is 0 Å². The zero-order valence-electron chi connectivity index (χ0n) is 20.7. The van der Waals surface area contributed by atoms with E-state index >= 15 is 0 Å². The zero-order chi connectivity index (χ0) is 25.9. The third kappa shape index (κ3) is 4.52. The smallest absolute Gasteiger partial charge is 0.308 e. The molecule has 36 heavy (non-hydrogen) atoms. The first-order valence-corrected chi connectivity index (χ1v) is 12.0. The average Bonchev–Trinajstić information content (AvgIpc) is 3.22. The molecular formula is C28H27NO6S. The molecule has 0 fully saturated rings. The summed E-state index contributed by atoms with van der Waals surface area (Å²) < 4.78 is 22.0.